The fraction of sp³-hybridized carbons (Fsp3) is 0.214. The van der Waals surface area contributed by atoms with Crippen molar-refractivity contribution in [2.45, 2.75) is 18.5 Å². The average Bonchev–Trinajstić information content (AvgIpc) is 2.45. The van der Waals surface area contributed by atoms with Crippen LogP contribution >= 0.6 is 23.4 Å². The monoisotopic (exact) mass is 322 g/mol. The van der Waals surface area contributed by atoms with Crippen molar-refractivity contribution >= 4 is 40.6 Å². The molecule has 2 rings (SSSR count). The van der Waals surface area contributed by atoms with Gasteiger partial charge in [-0.3, -0.25) is 4.79 Å². The molecule has 0 atom stereocenters. The Labute approximate surface area is 132 Å². The van der Waals surface area contributed by atoms with Crippen LogP contribution < -0.4 is 11.1 Å². The van der Waals surface area contributed by atoms with E-state index < -0.39 is 0 Å². The minimum absolute atomic E-state index is 0.0867. The van der Waals surface area contributed by atoms with Crippen LogP contribution in [0.25, 0.3) is 0 Å². The molecule has 1 aromatic carbocycles. The Kier molecular flexibility index (Phi) is 5.41. The molecule has 1 heterocycles. The van der Waals surface area contributed by atoms with E-state index in [9.17, 15) is 4.79 Å². The van der Waals surface area contributed by atoms with Crippen molar-refractivity contribution in [3.8, 4) is 0 Å². The maximum Gasteiger partial charge on any atom is 0.225 e. The molecule has 0 bridgehead atoms. The number of nitrogens with two attached hydrogens (primary N) is 1. The number of hydrogen-bond donors (Lipinski definition) is 2. The van der Waals surface area contributed by atoms with Crippen LogP contribution in [-0.4, -0.2) is 21.6 Å². The summed E-state index contributed by atoms with van der Waals surface area (Å²) < 4.78 is 0. The van der Waals surface area contributed by atoms with Gasteiger partial charge in [-0.1, -0.05) is 23.4 Å². The first-order valence-corrected chi connectivity index (χ1v) is 7.67. The number of nitrogen functional groups attached to an aromatic ring is 1. The highest BCUT2D eigenvalue weighted by Gasteiger charge is 2.05. The number of anilines is 2. The standard InChI is InChI=1S/C14H15ClN4OS/c1-9-7-17-14(18-8-9)21-5-4-13(20)19-10-2-3-11(15)12(16)6-10/h2-3,6-8H,4-5,16H2,1H3,(H,19,20). The zero-order valence-electron chi connectivity index (χ0n) is 11.5. The highest BCUT2D eigenvalue weighted by Crippen LogP contribution is 2.22. The zero-order valence-corrected chi connectivity index (χ0v) is 13.0. The van der Waals surface area contributed by atoms with E-state index in [0.717, 1.165) is 5.56 Å². The van der Waals surface area contributed by atoms with E-state index in [0.29, 0.717) is 33.7 Å². The van der Waals surface area contributed by atoms with Gasteiger partial charge in [-0.15, -0.1) is 0 Å². The van der Waals surface area contributed by atoms with Crippen molar-refractivity contribution in [3.05, 3.63) is 41.2 Å². The van der Waals surface area contributed by atoms with Crippen molar-refractivity contribution < 1.29 is 4.79 Å². The van der Waals surface area contributed by atoms with Crippen LogP contribution in [0.4, 0.5) is 11.4 Å². The van der Waals surface area contributed by atoms with E-state index >= 15 is 0 Å². The third kappa shape index (κ3) is 4.91. The van der Waals surface area contributed by atoms with Crippen molar-refractivity contribution in [1.29, 1.82) is 0 Å². The van der Waals surface area contributed by atoms with E-state index in [2.05, 4.69) is 15.3 Å². The number of thioether (sulfide) groups is 1. The average molecular weight is 323 g/mol. The van der Waals surface area contributed by atoms with Crippen molar-refractivity contribution in [3.63, 3.8) is 0 Å². The number of nitrogens with zero attached hydrogens (tertiary/aromatic N) is 2. The van der Waals surface area contributed by atoms with E-state index in [1.165, 1.54) is 11.8 Å². The molecule has 0 unspecified atom stereocenters. The minimum Gasteiger partial charge on any atom is -0.397 e. The first kappa shape index (κ1) is 15.6. The van der Waals surface area contributed by atoms with Crippen molar-refractivity contribution in [2.24, 2.45) is 0 Å². The predicted octanol–water partition coefficient (Wildman–Crippen LogP) is 3.14. The molecule has 0 spiro atoms. The lowest BCUT2D eigenvalue weighted by Crippen LogP contribution is -2.12. The first-order valence-electron chi connectivity index (χ1n) is 6.31. The summed E-state index contributed by atoms with van der Waals surface area (Å²) in [5, 5.41) is 3.92. The molecule has 0 saturated heterocycles. The molecule has 3 N–H and O–H groups in total. The Hall–Kier alpha value is -1.79. The van der Waals surface area contributed by atoms with Gasteiger partial charge in [0, 0.05) is 30.3 Å². The summed E-state index contributed by atoms with van der Waals surface area (Å²) in [6, 6.07) is 5.00. The van der Waals surface area contributed by atoms with E-state index in [1.807, 2.05) is 6.92 Å². The number of rotatable bonds is 5. The Morgan fingerprint density at radius 1 is 1.38 bits per heavy atom. The molecular weight excluding hydrogens is 308 g/mol. The second kappa shape index (κ2) is 7.28. The predicted molar refractivity (Wildman–Crippen MR) is 86.6 cm³/mol. The molecule has 21 heavy (non-hydrogen) atoms. The van der Waals surface area contributed by atoms with E-state index in [-0.39, 0.29) is 5.91 Å². The summed E-state index contributed by atoms with van der Waals surface area (Å²) in [5.41, 5.74) is 7.77. The highest BCUT2D eigenvalue weighted by molar-refractivity contribution is 7.99. The van der Waals surface area contributed by atoms with Crippen LogP contribution in [0.5, 0.6) is 0 Å². The molecule has 0 aliphatic rings. The molecule has 2 aromatic rings. The smallest absolute Gasteiger partial charge is 0.225 e. The third-order valence-corrected chi connectivity index (χ3v) is 3.82. The number of halogens is 1. The van der Waals surface area contributed by atoms with Gasteiger partial charge in [-0.05, 0) is 30.7 Å². The fourth-order valence-corrected chi connectivity index (χ4v) is 2.38. The highest BCUT2D eigenvalue weighted by atomic mass is 35.5. The van der Waals surface area contributed by atoms with Gasteiger partial charge in [0.05, 0.1) is 10.7 Å². The lowest BCUT2D eigenvalue weighted by molar-refractivity contribution is -0.115. The summed E-state index contributed by atoms with van der Waals surface area (Å²) in [6.07, 6.45) is 3.88. The Bertz CT molecular complexity index is 633. The molecule has 110 valence electrons. The summed E-state index contributed by atoms with van der Waals surface area (Å²) in [6.45, 7) is 1.93. The topological polar surface area (TPSA) is 80.9 Å². The molecule has 0 radical (unpaired) electrons. The molecule has 0 aliphatic heterocycles. The number of nitrogens with one attached hydrogen (secondary N) is 1. The number of benzene rings is 1. The summed E-state index contributed by atoms with van der Waals surface area (Å²) >= 11 is 7.27. The number of aromatic nitrogens is 2. The second-order valence-electron chi connectivity index (χ2n) is 4.43. The van der Waals surface area contributed by atoms with Gasteiger partial charge in [0.1, 0.15) is 0 Å². The summed E-state index contributed by atoms with van der Waals surface area (Å²) in [7, 11) is 0. The summed E-state index contributed by atoms with van der Waals surface area (Å²) in [4.78, 5) is 20.2. The molecule has 0 saturated carbocycles. The van der Waals surface area contributed by atoms with Crippen LogP contribution in [0.15, 0.2) is 35.7 Å². The van der Waals surface area contributed by atoms with Crippen LogP contribution in [-0.2, 0) is 4.79 Å². The van der Waals surface area contributed by atoms with Crippen molar-refractivity contribution in [2.75, 3.05) is 16.8 Å². The first-order chi connectivity index (χ1) is 10.0. The Morgan fingerprint density at radius 2 is 2.10 bits per heavy atom. The van der Waals surface area contributed by atoms with Gasteiger partial charge in [0.2, 0.25) is 5.91 Å². The number of carbonyl (C=O) groups excluding carboxylic acids is 1. The Morgan fingerprint density at radius 3 is 2.76 bits per heavy atom. The minimum atomic E-state index is -0.0867. The van der Waals surface area contributed by atoms with Gasteiger partial charge in [-0.2, -0.15) is 0 Å². The second-order valence-corrected chi connectivity index (χ2v) is 5.90. The zero-order chi connectivity index (χ0) is 15.2. The van der Waals surface area contributed by atoms with E-state index in [4.69, 9.17) is 17.3 Å². The van der Waals surface area contributed by atoms with Crippen molar-refractivity contribution in [1.82, 2.24) is 9.97 Å². The van der Waals surface area contributed by atoms with Gasteiger partial charge in [-0.25, -0.2) is 9.97 Å². The van der Waals surface area contributed by atoms with Gasteiger partial charge < -0.3 is 11.1 Å². The lowest BCUT2D eigenvalue weighted by atomic mass is 10.2. The quantitative estimate of drug-likeness (QED) is 0.502. The fourth-order valence-electron chi connectivity index (χ4n) is 1.54. The molecule has 7 heteroatoms. The van der Waals surface area contributed by atoms with Gasteiger partial charge in [0.25, 0.3) is 0 Å². The third-order valence-electron chi connectivity index (χ3n) is 2.60. The number of carbonyl (C=O) groups is 1. The summed E-state index contributed by atoms with van der Waals surface area (Å²) in [5.74, 6) is 0.522. The Balaban J connectivity index is 1.79. The normalized spacial score (nSPS) is 10.4. The van der Waals surface area contributed by atoms with Crippen LogP contribution in [0, 0.1) is 6.92 Å². The van der Waals surface area contributed by atoms with Gasteiger partial charge in [0.15, 0.2) is 5.16 Å². The van der Waals surface area contributed by atoms with Crippen LogP contribution in [0.3, 0.4) is 0 Å². The molecule has 1 amide bonds. The SMILES string of the molecule is Cc1cnc(SCCC(=O)Nc2ccc(Cl)c(N)c2)nc1. The lowest BCUT2D eigenvalue weighted by Gasteiger charge is -2.06. The number of hydrogen-bond acceptors (Lipinski definition) is 5. The van der Waals surface area contributed by atoms with E-state index in [1.54, 1.807) is 30.6 Å². The molecule has 0 fully saturated rings. The van der Waals surface area contributed by atoms with Gasteiger partial charge >= 0.3 is 0 Å². The molecule has 0 aliphatic carbocycles. The molecular formula is C14H15ClN4OS. The van der Waals surface area contributed by atoms with Crippen LogP contribution in [0.2, 0.25) is 5.02 Å². The largest absolute Gasteiger partial charge is 0.397 e. The van der Waals surface area contributed by atoms with Crippen LogP contribution in [0.1, 0.15) is 12.0 Å². The maximum absolute atomic E-state index is 11.8. The number of aryl methyl sites for hydroxylation is 1. The number of amides is 1. The maximum atomic E-state index is 11.8. The molecule has 5 nitrogen and oxygen atoms in total. The molecule has 1 aromatic heterocycles.